The Morgan fingerprint density at radius 3 is 2.44 bits per heavy atom. The first-order chi connectivity index (χ1) is 8.50. The van der Waals surface area contributed by atoms with Crippen LogP contribution in [0.2, 0.25) is 10.0 Å². The van der Waals surface area contributed by atoms with Gasteiger partial charge in [-0.1, -0.05) is 29.3 Å². The third-order valence-electron chi connectivity index (χ3n) is 2.30. The number of pyridine rings is 1. The van der Waals surface area contributed by atoms with Gasteiger partial charge in [-0.05, 0) is 18.2 Å². The second-order valence-electron chi connectivity index (χ2n) is 3.45. The van der Waals surface area contributed by atoms with Crippen molar-refractivity contribution in [2.75, 3.05) is 0 Å². The lowest BCUT2D eigenvalue weighted by molar-refractivity contribution is 0.0691. The van der Waals surface area contributed by atoms with E-state index in [-0.39, 0.29) is 5.69 Å². The molecule has 2 rings (SSSR count). The summed E-state index contributed by atoms with van der Waals surface area (Å²) in [5, 5.41) is 9.48. The summed E-state index contributed by atoms with van der Waals surface area (Å²) in [5.74, 6) is -2.28. The molecule has 1 aromatic heterocycles. The van der Waals surface area contributed by atoms with Crippen molar-refractivity contribution in [3.63, 3.8) is 0 Å². The number of carboxylic acid groups (broad SMARTS) is 1. The van der Waals surface area contributed by atoms with Crippen LogP contribution in [0.5, 0.6) is 0 Å². The van der Waals surface area contributed by atoms with Crippen LogP contribution in [-0.2, 0) is 0 Å². The van der Waals surface area contributed by atoms with E-state index >= 15 is 0 Å². The lowest BCUT2D eigenvalue weighted by atomic mass is 10.1. The number of benzene rings is 1. The molecule has 0 saturated carbocycles. The van der Waals surface area contributed by atoms with Crippen molar-refractivity contribution in [1.82, 2.24) is 4.98 Å². The molecule has 3 nitrogen and oxygen atoms in total. The van der Waals surface area contributed by atoms with Crippen LogP contribution >= 0.6 is 23.2 Å². The Hall–Kier alpha value is -1.65. The highest BCUT2D eigenvalue weighted by Gasteiger charge is 2.15. The molecule has 2 aromatic rings. The molecular weight excluding hydrogens is 280 g/mol. The van der Waals surface area contributed by atoms with Gasteiger partial charge in [0.05, 0.1) is 27.5 Å². The molecule has 0 radical (unpaired) electrons. The number of aromatic nitrogens is 1. The SMILES string of the molecule is O=C(O)c1cc(-c2c(Cl)cccc2Cl)ncc1F. The van der Waals surface area contributed by atoms with Gasteiger partial charge in [-0.15, -0.1) is 0 Å². The van der Waals surface area contributed by atoms with E-state index < -0.39 is 17.3 Å². The molecule has 0 aliphatic rings. The van der Waals surface area contributed by atoms with E-state index in [9.17, 15) is 9.18 Å². The van der Waals surface area contributed by atoms with Crippen LogP contribution in [0, 0.1) is 5.82 Å². The van der Waals surface area contributed by atoms with E-state index in [1.165, 1.54) is 0 Å². The Labute approximate surface area is 112 Å². The lowest BCUT2D eigenvalue weighted by Gasteiger charge is -2.07. The van der Waals surface area contributed by atoms with Gasteiger partial charge in [-0.25, -0.2) is 9.18 Å². The second-order valence-corrected chi connectivity index (χ2v) is 4.27. The fraction of sp³-hybridized carbons (Fsp3) is 0. The minimum absolute atomic E-state index is 0.212. The van der Waals surface area contributed by atoms with Crippen molar-refractivity contribution in [2.24, 2.45) is 0 Å². The second kappa shape index (κ2) is 4.92. The lowest BCUT2D eigenvalue weighted by Crippen LogP contribution is -2.02. The zero-order chi connectivity index (χ0) is 13.3. The Morgan fingerprint density at radius 2 is 1.89 bits per heavy atom. The number of hydrogen-bond donors (Lipinski definition) is 1. The normalized spacial score (nSPS) is 10.4. The Kier molecular flexibility index (Phi) is 3.50. The zero-order valence-electron chi connectivity index (χ0n) is 8.82. The average Bonchev–Trinajstić information content (AvgIpc) is 2.30. The molecule has 1 heterocycles. The summed E-state index contributed by atoms with van der Waals surface area (Å²) in [7, 11) is 0. The van der Waals surface area contributed by atoms with Crippen molar-refractivity contribution >= 4 is 29.2 Å². The minimum atomic E-state index is -1.38. The van der Waals surface area contributed by atoms with Gasteiger partial charge >= 0.3 is 5.97 Å². The first kappa shape index (κ1) is 12.8. The highest BCUT2D eigenvalue weighted by atomic mass is 35.5. The summed E-state index contributed by atoms with van der Waals surface area (Å²) in [5.41, 5.74) is 0.115. The molecule has 6 heteroatoms. The molecule has 0 fully saturated rings. The smallest absolute Gasteiger partial charge is 0.338 e. The first-order valence-electron chi connectivity index (χ1n) is 4.84. The molecule has 0 aliphatic heterocycles. The number of hydrogen-bond acceptors (Lipinski definition) is 2. The summed E-state index contributed by atoms with van der Waals surface area (Å²) < 4.78 is 13.2. The monoisotopic (exact) mass is 285 g/mol. The van der Waals surface area contributed by atoms with E-state index in [0.29, 0.717) is 15.6 Å². The molecular formula is C12H6Cl2FNO2. The van der Waals surface area contributed by atoms with Gasteiger partial charge in [0.1, 0.15) is 0 Å². The number of halogens is 3. The van der Waals surface area contributed by atoms with Gasteiger partial charge < -0.3 is 5.11 Å². The molecule has 18 heavy (non-hydrogen) atoms. The van der Waals surface area contributed by atoms with Crippen LogP contribution in [0.1, 0.15) is 10.4 Å². The zero-order valence-corrected chi connectivity index (χ0v) is 10.3. The Bertz CT molecular complexity index is 611. The highest BCUT2D eigenvalue weighted by Crippen LogP contribution is 2.33. The number of nitrogens with zero attached hydrogens (tertiary/aromatic N) is 1. The highest BCUT2D eigenvalue weighted by molar-refractivity contribution is 6.39. The summed E-state index contributed by atoms with van der Waals surface area (Å²) in [6.07, 6.45) is 0.832. The van der Waals surface area contributed by atoms with E-state index in [1.807, 2.05) is 0 Å². The fourth-order valence-corrected chi connectivity index (χ4v) is 2.07. The van der Waals surface area contributed by atoms with Crippen molar-refractivity contribution in [2.45, 2.75) is 0 Å². The van der Waals surface area contributed by atoms with Gasteiger partial charge in [-0.3, -0.25) is 4.98 Å². The standard InChI is InChI=1S/C12H6Cl2FNO2/c13-7-2-1-3-8(14)11(7)10-4-6(12(17)18)9(15)5-16-10/h1-5H,(H,17,18). The first-order valence-corrected chi connectivity index (χ1v) is 5.59. The third kappa shape index (κ3) is 2.30. The van der Waals surface area contributed by atoms with Gasteiger partial charge in [0, 0.05) is 5.56 Å². The van der Waals surface area contributed by atoms with E-state index in [0.717, 1.165) is 12.3 Å². The summed E-state index contributed by atoms with van der Waals surface area (Å²) in [4.78, 5) is 14.6. The maximum Gasteiger partial charge on any atom is 0.338 e. The molecule has 0 spiro atoms. The van der Waals surface area contributed by atoms with E-state index in [2.05, 4.69) is 4.98 Å². The number of carbonyl (C=O) groups is 1. The molecule has 0 unspecified atom stereocenters. The summed E-state index contributed by atoms with van der Waals surface area (Å²) >= 11 is 11.9. The topological polar surface area (TPSA) is 50.2 Å². The van der Waals surface area contributed by atoms with Gasteiger partial charge in [0.25, 0.3) is 0 Å². The van der Waals surface area contributed by atoms with Crippen LogP contribution < -0.4 is 0 Å². The molecule has 0 atom stereocenters. The predicted molar refractivity (Wildman–Crippen MR) is 66.6 cm³/mol. The number of carboxylic acids is 1. The van der Waals surface area contributed by atoms with Crippen molar-refractivity contribution in [3.8, 4) is 11.3 Å². The van der Waals surface area contributed by atoms with E-state index in [1.54, 1.807) is 18.2 Å². The number of aromatic carboxylic acids is 1. The maximum atomic E-state index is 13.2. The maximum absolute atomic E-state index is 13.2. The Balaban J connectivity index is 2.65. The van der Waals surface area contributed by atoms with Gasteiger partial charge in [0.15, 0.2) is 5.82 Å². The third-order valence-corrected chi connectivity index (χ3v) is 2.93. The van der Waals surface area contributed by atoms with Crippen LogP contribution in [-0.4, -0.2) is 16.1 Å². The molecule has 1 aromatic carbocycles. The summed E-state index contributed by atoms with van der Waals surface area (Å²) in [6.45, 7) is 0. The number of rotatable bonds is 2. The molecule has 1 N–H and O–H groups in total. The van der Waals surface area contributed by atoms with Crippen molar-refractivity contribution in [3.05, 3.63) is 51.9 Å². The quantitative estimate of drug-likeness (QED) is 0.911. The molecule has 0 amide bonds. The molecule has 0 aliphatic carbocycles. The molecule has 92 valence electrons. The van der Waals surface area contributed by atoms with Crippen molar-refractivity contribution in [1.29, 1.82) is 0 Å². The van der Waals surface area contributed by atoms with Crippen LogP contribution in [0.25, 0.3) is 11.3 Å². The van der Waals surface area contributed by atoms with Gasteiger partial charge in [0.2, 0.25) is 0 Å². The van der Waals surface area contributed by atoms with Crippen molar-refractivity contribution < 1.29 is 14.3 Å². The van der Waals surface area contributed by atoms with Crippen LogP contribution in [0.3, 0.4) is 0 Å². The minimum Gasteiger partial charge on any atom is -0.478 e. The average molecular weight is 286 g/mol. The van der Waals surface area contributed by atoms with Gasteiger partial charge in [-0.2, -0.15) is 0 Å². The van der Waals surface area contributed by atoms with Crippen LogP contribution in [0.4, 0.5) is 4.39 Å². The Morgan fingerprint density at radius 1 is 1.28 bits per heavy atom. The fourth-order valence-electron chi connectivity index (χ4n) is 1.48. The van der Waals surface area contributed by atoms with E-state index in [4.69, 9.17) is 28.3 Å². The largest absolute Gasteiger partial charge is 0.478 e. The predicted octanol–water partition coefficient (Wildman–Crippen LogP) is 3.89. The molecule has 0 bridgehead atoms. The molecule has 0 saturated heterocycles. The summed E-state index contributed by atoms with van der Waals surface area (Å²) in [6, 6.07) is 5.93. The van der Waals surface area contributed by atoms with Crippen LogP contribution in [0.15, 0.2) is 30.5 Å².